The highest BCUT2D eigenvalue weighted by Gasteiger charge is 2.48. The molecule has 3 aromatic carbocycles. The summed E-state index contributed by atoms with van der Waals surface area (Å²) in [5.74, 6) is 0. The van der Waals surface area contributed by atoms with Gasteiger partial charge in [-0.1, -0.05) is 30.3 Å². The average Bonchev–Trinajstić information content (AvgIpc) is 2.77. The van der Waals surface area contributed by atoms with E-state index < -0.39 is 41.6 Å². The zero-order valence-corrected chi connectivity index (χ0v) is 19.5. The van der Waals surface area contributed by atoms with Gasteiger partial charge in [0.1, 0.15) is 0 Å². The van der Waals surface area contributed by atoms with Gasteiger partial charge in [0.15, 0.2) is 0 Å². The second-order valence-corrected chi connectivity index (χ2v) is 11.7. The Morgan fingerprint density at radius 3 is 1.94 bits per heavy atom. The Bertz CT molecular complexity index is 1220. The first kappa shape index (κ1) is 25.7. The largest absolute Gasteiger partial charge is 0.418 e. The van der Waals surface area contributed by atoms with Gasteiger partial charge < -0.3 is 10.4 Å². The molecule has 0 saturated heterocycles. The van der Waals surface area contributed by atoms with E-state index in [0.29, 0.717) is 0 Å². The number of hydrogen-bond donors (Lipinski definition) is 1. The van der Waals surface area contributed by atoms with Crippen LogP contribution in [0.2, 0.25) is 0 Å². The van der Waals surface area contributed by atoms with Crippen LogP contribution in [0, 0.1) is 0 Å². The third kappa shape index (κ3) is 4.53. The van der Waals surface area contributed by atoms with E-state index in [-0.39, 0.29) is 16.6 Å². The van der Waals surface area contributed by atoms with Gasteiger partial charge in [0.25, 0.3) is 0 Å². The standard InChI is InChI=1S/C24H23F6N2OP/c1-22(2,16-12-13-21(31)20(15-16)24(28,29)30)34(33,19-10-5-4-6-11-19)32(3)18-9-7-8-17(14-18)23(25,26)27/h4-15H,31H2,1-3H3. The molecule has 0 aliphatic rings. The number of anilines is 2. The Morgan fingerprint density at radius 1 is 0.765 bits per heavy atom. The highest BCUT2D eigenvalue weighted by atomic mass is 31.2. The summed E-state index contributed by atoms with van der Waals surface area (Å²) < 4.78 is 96.8. The van der Waals surface area contributed by atoms with E-state index in [1.807, 2.05) is 0 Å². The molecule has 3 nitrogen and oxygen atoms in total. The summed E-state index contributed by atoms with van der Waals surface area (Å²) >= 11 is 0. The van der Waals surface area contributed by atoms with Crippen molar-refractivity contribution in [3.8, 4) is 0 Å². The van der Waals surface area contributed by atoms with Crippen LogP contribution in [0.4, 0.5) is 37.7 Å². The van der Waals surface area contributed by atoms with Crippen LogP contribution in [0.3, 0.4) is 0 Å². The molecule has 0 spiro atoms. The summed E-state index contributed by atoms with van der Waals surface area (Å²) in [6.45, 7) is 3.02. The van der Waals surface area contributed by atoms with Crippen molar-refractivity contribution in [1.29, 1.82) is 0 Å². The summed E-state index contributed by atoms with van der Waals surface area (Å²) in [7, 11) is -2.53. The zero-order chi connectivity index (χ0) is 25.5. The molecule has 10 heteroatoms. The molecule has 1 atom stereocenters. The second kappa shape index (κ2) is 8.69. The highest BCUT2D eigenvalue weighted by molar-refractivity contribution is 7.74. The monoisotopic (exact) mass is 500 g/mol. The Hall–Kier alpha value is -2.93. The summed E-state index contributed by atoms with van der Waals surface area (Å²) in [5, 5.41) is -1.17. The molecular formula is C24H23F6N2OP. The smallest absolute Gasteiger partial charge is 0.398 e. The van der Waals surface area contributed by atoms with Crippen LogP contribution >= 0.6 is 7.29 Å². The lowest BCUT2D eigenvalue weighted by Gasteiger charge is -2.42. The van der Waals surface area contributed by atoms with Gasteiger partial charge in [0.05, 0.1) is 16.3 Å². The van der Waals surface area contributed by atoms with Gasteiger partial charge in [-0.05, 0) is 61.9 Å². The molecule has 0 aliphatic heterocycles. The van der Waals surface area contributed by atoms with Gasteiger partial charge in [-0.25, -0.2) is 0 Å². The van der Waals surface area contributed by atoms with E-state index in [9.17, 15) is 30.9 Å². The van der Waals surface area contributed by atoms with Crippen LogP contribution in [0.15, 0.2) is 72.8 Å². The SMILES string of the molecule is CN(c1cccc(C(F)(F)F)c1)P(=O)(c1ccccc1)C(C)(C)c1ccc(N)c(C(F)(F)F)c1. The van der Waals surface area contributed by atoms with Crippen molar-refractivity contribution in [2.24, 2.45) is 0 Å². The lowest BCUT2D eigenvalue weighted by atomic mass is 9.98. The van der Waals surface area contributed by atoms with Crippen LogP contribution in [-0.4, -0.2) is 7.05 Å². The number of nitrogens with zero attached hydrogens (tertiary/aromatic N) is 1. The van der Waals surface area contributed by atoms with Crippen molar-refractivity contribution in [2.75, 3.05) is 17.5 Å². The zero-order valence-electron chi connectivity index (χ0n) is 18.6. The molecule has 0 fully saturated rings. The Morgan fingerprint density at radius 2 is 1.38 bits per heavy atom. The van der Waals surface area contributed by atoms with Gasteiger partial charge in [-0.15, -0.1) is 0 Å². The maximum Gasteiger partial charge on any atom is 0.418 e. The molecule has 3 rings (SSSR count). The summed E-state index contributed by atoms with van der Waals surface area (Å²) in [6, 6.07) is 15.7. The Kier molecular flexibility index (Phi) is 6.57. The summed E-state index contributed by atoms with van der Waals surface area (Å²) in [6.07, 6.45) is -9.36. The fraction of sp³-hybridized carbons (Fsp3) is 0.250. The maximum absolute atomic E-state index is 14.9. The number of nitrogen functional groups attached to an aromatic ring is 1. The third-order valence-corrected chi connectivity index (χ3v) is 9.75. The third-order valence-electron chi connectivity index (χ3n) is 5.90. The Labute approximate surface area is 193 Å². The molecule has 0 saturated carbocycles. The molecule has 34 heavy (non-hydrogen) atoms. The molecule has 0 aliphatic carbocycles. The van der Waals surface area contributed by atoms with Gasteiger partial charge in [-0.2, -0.15) is 26.3 Å². The van der Waals surface area contributed by atoms with E-state index in [1.54, 1.807) is 30.3 Å². The molecule has 182 valence electrons. The van der Waals surface area contributed by atoms with Gasteiger partial charge in [0, 0.05) is 23.7 Å². The molecule has 0 heterocycles. The predicted molar refractivity (Wildman–Crippen MR) is 122 cm³/mol. The van der Waals surface area contributed by atoms with E-state index in [1.165, 1.54) is 43.8 Å². The molecule has 3 aromatic rings. The van der Waals surface area contributed by atoms with Crippen LogP contribution in [0.25, 0.3) is 0 Å². The topological polar surface area (TPSA) is 46.3 Å². The lowest BCUT2D eigenvalue weighted by molar-refractivity contribution is -0.138. The van der Waals surface area contributed by atoms with E-state index in [4.69, 9.17) is 5.73 Å². The van der Waals surface area contributed by atoms with Crippen molar-refractivity contribution in [3.05, 3.63) is 89.5 Å². The fourth-order valence-corrected chi connectivity index (χ4v) is 7.16. The molecule has 1 unspecified atom stereocenters. The van der Waals surface area contributed by atoms with Crippen molar-refractivity contribution in [2.45, 2.75) is 31.4 Å². The van der Waals surface area contributed by atoms with Crippen molar-refractivity contribution in [1.82, 2.24) is 0 Å². The first-order valence-electron chi connectivity index (χ1n) is 10.1. The van der Waals surface area contributed by atoms with Crippen molar-refractivity contribution in [3.63, 3.8) is 0 Å². The maximum atomic E-state index is 14.9. The number of halogens is 6. The molecular weight excluding hydrogens is 477 g/mol. The van der Waals surface area contributed by atoms with Crippen LogP contribution in [-0.2, 0) is 22.1 Å². The quantitative estimate of drug-likeness (QED) is 0.228. The number of nitrogens with two attached hydrogens (primary N) is 1. The molecule has 0 radical (unpaired) electrons. The summed E-state index contributed by atoms with van der Waals surface area (Å²) in [4.78, 5) is 0. The van der Waals surface area contributed by atoms with E-state index >= 15 is 0 Å². The number of benzene rings is 3. The first-order valence-corrected chi connectivity index (χ1v) is 11.8. The van der Waals surface area contributed by atoms with Crippen molar-refractivity contribution < 1.29 is 30.9 Å². The minimum absolute atomic E-state index is 0.0153. The van der Waals surface area contributed by atoms with Crippen LogP contribution in [0.1, 0.15) is 30.5 Å². The van der Waals surface area contributed by atoms with Crippen molar-refractivity contribution >= 4 is 24.0 Å². The fourth-order valence-electron chi connectivity index (χ4n) is 3.90. The van der Waals surface area contributed by atoms with Crippen LogP contribution in [0.5, 0.6) is 0 Å². The number of alkyl halides is 6. The second-order valence-electron chi connectivity index (χ2n) is 8.34. The molecule has 2 N–H and O–H groups in total. The summed E-state index contributed by atoms with van der Waals surface area (Å²) in [5.41, 5.74) is 3.16. The van der Waals surface area contributed by atoms with E-state index in [2.05, 4.69) is 0 Å². The minimum Gasteiger partial charge on any atom is -0.398 e. The van der Waals surface area contributed by atoms with Gasteiger partial charge >= 0.3 is 12.4 Å². The normalized spacial score (nSPS) is 14.5. The first-order chi connectivity index (χ1) is 15.6. The molecule has 0 amide bonds. The number of rotatable bonds is 5. The van der Waals surface area contributed by atoms with Gasteiger partial charge in [-0.3, -0.25) is 4.57 Å². The van der Waals surface area contributed by atoms with Gasteiger partial charge in [0.2, 0.25) is 7.29 Å². The Balaban J connectivity index is 2.26. The van der Waals surface area contributed by atoms with Crippen LogP contribution < -0.4 is 15.7 Å². The molecule has 0 bridgehead atoms. The van der Waals surface area contributed by atoms with E-state index in [0.717, 1.165) is 24.3 Å². The predicted octanol–water partition coefficient (Wildman–Crippen LogP) is 7.28. The molecule has 0 aromatic heterocycles. The lowest BCUT2D eigenvalue weighted by Crippen LogP contribution is -2.35. The number of hydrogen-bond acceptors (Lipinski definition) is 2. The average molecular weight is 500 g/mol. The highest BCUT2D eigenvalue weighted by Crippen LogP contribution is 2.65. The minimum atomic E-state index is -4.74.